The minimum atomic E-state index is 0.414. The van der Waals surface area contributed by atoms with Gasteiger partial charge >= 0.3 is 0 Å². The molecule has 1 aliphatic heterocycles. The number of rotatable bonds is 6. The Kier molecular flexibility index (Phi) is 5.88. The van der Waals surface area contributed by atoms with Crippen LogP contribution in [0.2, 0.25) is 0 Å². The molecule has 0 aliphatic carbocycles. The van der Waals surface area contributed by atoms with Gasteiger partial charge in [-0.2, -0.15) is 0 Å². The van der Waals surface area contributed by atoms with Gasteiger partial charge in [0.05, 0.1) is 14.2 Å². The van der Waals surface area contributed by atoms with E-state index >= 15 is 0 Å². The quantitative estimate of drug-likeness (QED) is 0.874. The molecule has 1 N–H and O–H groups in total. The van der Waals surface area contributed by atoms with Crippen molar-refractivity contribution in [3.63, 3.8) is 0 Å². The summed E-state index contributed by atoms with van der Waals surface area (Å²) in [5.41, 5.74) is 1.28. The molecule has 4 heteroatoms. The molecule has 4 nitrogen and oxygen atoms in total. The highest BCUT2D eigenvalue weighted by molar-refractivity contribution is 5.43. The van der Waals surface area contributed by atoms with Crippen molar-refractivity contribution < 1.29 is 9.47 Å². The third-order valence-electron chi connectivity index (χ3n) is 4.49. The largest absolute Gasteiger partial charge is 0.497 e. The van der Waals surface area contributed by atoms with Gasteiger partial charge in [0.15, 0.2) is 0 Å². The molecule has 1 heterocycles. The lowest BCUT2D eigenvalue weighted by atomic mass is 9.84. The molecule has 2 unspecified atom stereocenters. The van der Waals surface area contributed by atoms with Crippen LogP contribution in [0.25, 0.3) is 0 Å². The Hall–Kier alpha value is -1.26. The zero-order valence-electron chi connectivity index (χ0n) is 13.7. The van der Waals surface area contributed by atoms with Gasteiger partial charge in [-0.3, -0.25) is 4.90 Å². The molecule has 21 heavy (non-hydrogen) atoms. The van der Waals surface area contributed by atoms with Crippen LogP contribution in [0, 0.1) is 5.92 Å². The summed E-state index contributed by atoms with van der Waals surface area (Å²) >= 11 is 0. The van der Waals surface area contributed by atoms with Crippen LogP contribution in [-0.4, -0.2) is 45.8 Å². The van der Waals surface area contributed by atoms with Crippen molar-refractivity contribution in [1.29, 1.82) is 0 Å². The van der Waals surface area contributed by atoms with Gasteiger partial charge in [-0.05, 0) is 51.5 Å². The second kappa shape index (κ2) is 7.66. The van der Waals surface area contributed by atoms with Crippen LogP contribution in [-0.2, 0) is 0 Å². The topological polar surface area (TPSA) is 33.7 Å². The molecule has 1 aromatic carbocycles. The second-order valence-electron chi connectivity index (χ2n) is 5.64. The zero-order valence-corrected chi connectivity index (χ0v) is 13.7. The molecule has 0 spiro atoms. The molecule has 2 atom stereocenters. The third-order valence-corrected chi connectivity index (χ3v) is 4.49. The van der Waals surface area contributed by atoms with Crippen LogP contribution < -0.4 is 14.8 Å². The van der Waals surface area contributed by atoms with E-state index in [9.17, 15) is 0 Å². The first-order valence-electron chi connectivity index (χ1n) is 7.85. The van der Waals surface area contributed by atoms with Gasteiger partial charge in [0, 0.05) is 17.7 Å². The van der Waals surface area contributed by atoms with Crippen molar-refractivity contribution >= 4 is 0 Å². The number of benzene rings is 1. The average molecular weight is 292 g/mol. The molecule has 0 bridgehead atoms. The number of methoxy groups -OCH3 is 2. The Morgan fingerprint density at radius 2 is 2.10 bits per heavy atom. The summed E-state index contributed by atoms with van der Waals surface area (Å²) in [5.74, 6) is 2.39. The smallest absolute Gasteiger partial charge is 0.127 e. The summed E-state index contributed by atoms with van der Waals surface area (Å²) in [7, 11) is 5.47. The summed E-state index contributed by atoms with van der Waals surface area (Å²) < 4.78 is 11.0. The highest BCUT2D eigenvalue weighted by atomic mass is 16.5. The molecule has 1 aromatic rings. The SMILES string of the molecule is CCN1CCCC(CNC)C1c1ccc(OC)cc1OC. The fourth-order valence-corrected chi connectivity index (χ4v) is 3.50. The summed E-state index contributed by atoms with van der Waals surface area (Å²) in [5, 5.41) is 3.35. The van der Waals surface area contributed by atoms with Crippen molar-refractivity contribution in [2.75, 3.05) is 40.9 Å². The Morgan fingerprint density at radius 1 is 1.29 bits per heavy atom. The maximum Gasteiger partial charge on any atom is 0.127 e. The van der Waals surface area contributed by atoms with E-state index in [1.807, 2.05) is 19.2 Å². The number of piperidine rings is 1. The first-order valence-corrected chi connectivity index (χ1v) is 7.85. The molecular weight excluding hydrogens is 264 g/mol. The number of nitrogens with one attached hydrogen (secondary N) is 1. The number of hydrogen-bond donors (Lipinski definition) is 1. The first kappa shape index (κ1) is 16.1. The highest BCUT2D eigenvalue weighted by Crippen LogP contribution is 2.40. The van der Waals surface area contributed by atoms with E-state index in [4.69, 9.17) is 9.47 Å². The fourth-order valence-electron chi connectivity index (χ4n) is 3.50. The van der Waals surface area contributed by atoms with Gasteiger partial charge in [-0.1, -0.05) is 13.0 Å². The van der Waals surface area contributed by atoms with E-state index in [-0.39, 0.29) is 0 Å². The molecular formula is C17H28N2O2. The van der Waals surface area contributed by atoms with E-state index in [0.717, 1.165) is 31.1 Å². The summed E-state index contributed by atoms with van der Waals surface area (Å²) in [6.07, 6.45) is 2.53. The normalized spacial score (nSPS) is 23.0. The fraction of sp³-hybridized carbons (Fsp3) is 0.647. The molecule has 2 rings (SSSR count). The lowest BCUT2D eigenvalue weighted by Crippen LogP contribution is -2.42. The Labute approximate surface area is 128 Å². The van der Waals surface area contributed by atoms with Crippen LogP contribution in [0.3, 0.4) is 0 Å². The maximum atomic E-state index is 5.63. The Bertz CT molecular complexity index is 448. The van der Waals surface area contributed by atoms with Gasteiger partial charge in [0.1, 0.15) is 11.5 Å². The molecule has 118 valence electrons. The standard InChI is InChI=1S/C17H28N2O2/c1-5-19-10-6-7-13(12-18-2)17(19)15-9-8-14(20-3)11-16(15)21-4/h8-9,11,13,17-18H,5-7,10,12H2,1-4H3. The van der Waals surface area contributed by atoms with E-state index in [0.29, 0.717) is 12.0 Å². The minimum absolute atomic E-state index is 0.414. The van der Waals surface area contributed by atoms with Gasteiger partial charge in [0.25, 0.3) is 0 Å². The van der Waals surface area contributed by atoms with E-state index < -0.39 is 0 Å². The van der Waals surface area contributed by atoms with Crippen LogP contribution in [0.15, 0.2) is 18.2 Å². The number of ether oxygens (including phenoxy) is 2. The second-order valence-corrected chi connectivity index (χ2v) is 5.64. The predicted molar refractivity (Wildman–Crippen MR) is 86.2 cm³/mol. The van der Waals surface area contributed by atoms with E-state index in [1.54, 1.807) is 14.2 Å². The molecule has 1 saturated heterocycles. The molecule has 0 saturated carbocycles. The third kappa shape index (κ3) is 3.50. The average Bonchev–Trinajstić information content (AvgIpc) is 2.54. The van der Waals surface area contributed by atoms with Crippen LogP contribution in [0.5, 0.6) is 11.5 Å². The van der Waals surface area contributed by atoms with Crippen molar-refractivity contribution in [2.45, 2.75) is 25.8 Å². The van der Waals surface area contributed by atoms with Crippen molar-refractivity contribution in [1.82, 2.24) is 10.2 Å². The number of hydrogen-bond acceptors (Lipinski definition) is 4. The number of nitrogens with zero attached hydrogens (tertiary/aromatic N) is 1. The van der Waals surface area contributed by atoms with Crippen molar-refractivity contribution in [3.8, 4) is 11.5 Å². The van der Waals surface area contributed by atoms with Gasteiger partial charge in [-0.25, -0.2) is 0 Å². The van der Waals surface area contributed by atoms with E-state index in [1.165, 1.54) is 18.4 Å². The van der Waals surface area contributed by atoms with Gasteiger partial charge in [-0.15, -0.1) is 0 Å². The zero-order chi connectivity index (χ0) is 15.2. The number of likely N-dealkylation sites (tertiary alicyclic amines) is 1. The maximum absolute atomic E-state index is 5.63. The molecule has 0 amide bonds. The molecule has 0 radical (unpaired) electrons. The van der Waals surface area contributed by atoms with E-state index in [2.05, 4.69) is 23.2 Å². The first-order chi connectivity index (χ1) is 10.2. The van der Waals surface area contributed by atoms with Crippen LogP contribution >= 0.6 is 0 Å². The van der Waals surface area contributed by atoms with Crippen LogP contribution in [0.4, 0.5) is 0 Å². The summed E-state index contributed by atoms with van der Waals surface area (Å²) in [6.45, 7) is 5.51. The molecule has 0 aromatic heterocycles. The van der Waals surface area contributed by atoms with Gasteiger partial charge < -0.3 is 14.8 Å². The molecule has 1 fully saturated rings. The lowest BCUT2D eigenvalue weighted by Gasteiger charge is -2.41. The van der Waals surface area contributed by atoms with Crippen molar-refractivity contribution in [3.05, 3.63) is 23.8 Å². The monoisotopic (exact) mass is 292 g/mol. The van der Waals surface area contributed by atoms with Gasteiger partial charge in [0.2, 0.25) is 0 Å². The minimum Gasteiger partial charge on any atom is -0.497 e. The summed E-state index contributed by atoms with van der Waals surface area (Å²) in [6, 6.07) is 6.61. The predicted octanol–water partition coefficient (Wildman–Crippen LogP) is 2.70. The Balaban J connectivity index is 2.37. The molecule has 1 aliphatic rings. The highest BCUT2D eigenvalue weighted by Gasteiger charge is 2.33. The van der Waals surface area contributed by atoms with Crippen LogP contribution in [0.1, 0.15) is 31.4 Å². The Morgan fingerprint density at radius 3 is 2.71 bits per heavy atom. The lowest BCUT2D eigenvalue weighted by molar-refractivity contribution is 0.0960. The summed E-state index contributed by atoms with van der Waals surface area (Å²) in [4.78, 5) is 2.57. The van der Waals surface area contributed by atoms with Crippen molar-refractivity contribution in [2.24, 2.45) is 5.92 Å².